The summed E-state index contributed by atoms with van der Waals surface area (Å²) in [6.07, 6.45) is -0.741. The zero-order valence-corrected chi connectivity index (χ0v) is 14.1. The molecular formula is C14H18N2O6S. The molecule has 1 rings (SSSR count). The number of carbonyl (C=O) groups excluding carboxylic acids is 4. The number of methoxy groups -OCH3 is 1. The van der Waals surface area contributed by atoms with E-state index in [1.54, 1.807) is 13.8 Å². The SMILES string of the molecule is CCOC(=O)c1sc(NC(=O)CC)c(C(=O)NC(=O)OC)c1C. The second-order valence-electron chi connectivity index (χ2n) is 4.33. The zero-order valence-electron chi connectivity index (χ0n) is 13.3. The highest BCUT2D eigenvalue weighted by atomic mass is 32.1. The zero-order chi connectivity index (χ0) is 17.6. The molecule has 0 aliphatic rings. The number of rotatable bonds is 5. The molecule has 0 radical (unpaired) electrons. The number of hydrogen-bond donors (Lipinski definition) is 2. The van der Waals surface area contributed by atoms with Crippen molar-refractivity contribution < 1.29 is 28.7 Å². The van der Waals surface area contributed by atoms with Gasteiger partial charge in [0.05, 0.1) is 19.3 Å². The van der Waals surface area contributed by atoms with E-state index in [-0.39, 0.29) is 34.4 Å². The van der Waals surface area contributed by atoms with Crippen LogP contribution in [0.25, 0.3) is 0 Å². The minimum Gasteiger partial charge on any atom is -0.462 e. The molecule has 0 unspecified atom stereocenters. The highest BCUT2D eigenvalue weighted by Crippen LogP contribution is 2.33. The van der Waals surface area contributed by atoms with Gasteiger partial charge in [-0.25, -0.2) is 9.59 Å². The summed E-state index contributed by atoms with van der Waals surface area (Å²) in [6.45, 7) is 5.02. The first-order chi connectivity index (χ1) is 10.8. The van der Waals surface area contributed by atoms with E-state index in [2.05, 4.69) is 10.1 Å². The lowest BCUT2D eigenvalue weighted by atomic mass is 10.1. The van der Waals surface area contributed by atoms with Crippen molar-refractivity contribution in [1.29, 1.82) is 0 Å². The fraction of sp³-hybridized carbons (Fsp3) is 0.429. The molecule has 8 nitrogen and oxygen atoms in total. The maximum atomic E-state index is 12.2. The van der Waals surface area contributed by atoms with Crippen LogP contribution in [0.2, 0.25) is 0 Å². The third-order valence-electron chi connectivity index (χ3n) is 2.81. The first kappa shape index (κ1) is 18.6. The molecule has 0 aromatic carbocycles. The lowest BCUT2D eigenvalue weighted by Gasteiger charge is -2.06. The smallest absolute Gasteiger partial charge is 0.413 e. The maximum absolute atomic E-state index is 12.2. The number of hydrogen-bond acceptors (Lipinski definition) is 7. The molecule has 1 aromatic rings. The maximum Gasteiger partial charge on any atom is 0.413 e. The molecule has 23 heavy (non-hydrogen) atoms. The van der Waals surface area contributed by atoms with Crippen molar-refractivity contribution in [3.63, 3.8) is 0 Å². The molecule has 2 N–H and O–H groups in total. The van der Waals surface area contributed by atoms with Crippen LogP contribution in [-0.2, 0) is 14.3 Å². The number of nitrogens with one attached hydrogen (secondary N) is 2. The lowest BCUT2D eigenvalue weighted by molar-refractivity contribution is -0.115. The Morgan fingerprint density at radius 2 is 1.83 bits per heavy atom. The van der Waals surface area contributed by atoms with E-state index in [0.717, 1.165) is 18.4 Å². The fourth-order valence-electron chi connectivity index (χ4n) is 1.69. The summed E-state index contributed by atoms with van der Waals surface area (Å²) in [4.78, 5) is 47.2. The Labute approximate surface area is 137 Å². The van der Waals surface area contributed by atoms with Crippen LogP contribution in [0, 0.1) is 6.92 Å². The molecule has 0 spiro atoms. The minimum absolute atomic E-state index is 0.0326. The van der Waals surface area contributed by atoms with Gasteiger partial charge in [-0.2, -0.15) is 0 Å². The minimum atomic E-state index is -0.939. The van der Waals surface area contributed by atoms with Gasteiger partial charge in [0.25, 0.3) is 5.91 Å². The van der Waals surface area contributed by atoms with Gasteiger partial charge in [0.1, 0.15) is 9.88 Å². The van der Waals surface area contributed by atoms with Crippen molar-refractivity contribution in [2.24, 2.45) is 0 Å². The second-order valence-corrected chi connectivity index (χ2v) is 5.35. The van der Waals surface area contributed by atoms with Crippen LogP contribution in [0.3, 0.4) is 0 Å². The van der Waals surface area contributed by atoms with Crippen LogP contribution in [0.15, 0.2) is 0 Å². The van der Waals surface area contributed by atoms with E-state index in [4.69, 9.17) is 4.74 Å². The number of anilines is 1. The molecule has 0 aliphatic heterocycles. The number of esters is 1. The van der Waals surface area contributed by atoms with Crippen LogP contribution >= 0.6 is 11.3 Å². The van der Waals surface area contributed by atoms with Gasteiger partial charge in [-0.3, -0.25) is 14.9 Å². The van der Waals surface area contributed by atoms with E-state index < -0.39 is 18.0 Å². The van der Waals surface area contributed by atoms with E-state index in [1.807, 2.05) is 5.32 Å². The third kappa shape index (κ3) is 4.52. The number of alkyl carbamates (subject to hydrolysis) is 1. The highest BCUT2D eigenvalue weighted by Gasteiger charge is 2.27. The highest BCUT2D eigenvalue weighted by molar-refractivity contribution is 7.18. The second kappa shape index (κ2) is 8.28. The average Bonchev–Trinajstić information content (AvgIpc) is 2.83. The third-order valence-corrected chi connectivity index (χ3v) is 4.00. The van der Waals surface area contributed by atoms with Gasteiger partial charge in [-0.05, 0) is 19.4 Å². The monoisotopic (exact) mass is 342 g/mol. The van der Waals surface area contributed by atoms with Crippen LogP contribution in [0.5, 0.6) is 0 Å². The van der Waals surface area contributed by atoms with Crippen molar-refractivity contribution in [2.75, 3.05) is 19.0 Å². The molecule has 1 heterocycles. The summed E-state index contributed by atoms with van der Waals surface area (Å²) in [7, 11) is 1.12. The van der Waals surface area contributed by atoms with Crippen molar-refractivity contribution in [3.05, 3.63) is 16.0 Å². The van der Waals surface area contributed by atoms with Crippen LogP contribution in [0.1, 0.15) is 45.9 Å². The average molecular weight is 342 g/mol. The first-order valence-corrected chi connectivity index (χ1v) is 7.66. The predicted octanol–water partition coefficient (Wildman–Crippen LogP) is 2.08. The topological polar surface area (TPSA) is 111 Å². The number of thiophene rings is 1. The summed E-state index contributed by atoms with van der Waals surface area (Å²) in [5.74, 6) is -1.69. The van der Waals surface area contributed by atoms with Crippen molar-refractivity contribution >= 4 is 40.2 Å². The van der Waals surface area contributed by atoms with Crippen molar-refractivity contribution in [1.82, 2.24) is 5.32 Å². The molecule has 0 bridgehead atoms. The summed E-state index contributed by atoms with van der Waals surface area (Å²) in [5, 5.41) is 4.73. The van der Waals surface area contributed by atoms with Crippen LogP contribution < -0.4 is 10.6 Å². The summed E-state index contributed by atoms with van der Waals surface area (Å²) < 4.78 is 9.30. The van der Waals surface area contributed by atoms with E-state index in [9.17, 15) is 19.2 Å². The number of imide groups is 1. The van der Waals surface area contributed by atoms with Gasteiger partial charge in [0.15, 0.2) is 0 Å². The number of carbonyl (C=O) groups is 4. The molecule has 0 aliphatic carbocycles. The van der Waals surface area contributed by atoms with E-state index in [1.165, 1.54) is 6.92 Å². The van der Waals surface area contributed by atoms with Gasteiger partial charge in [-0.1, -0.05) is 6.92 Å². The van der Waals surface area contributed by atoms with Crippen molar-refractivity contribution in [2.45, 2.75) is 27.2 Å². The molecule has 0 saturated carbocycles. The molecule has 0 saturated heterocycles. The first-order valence-electron chi connectivity index (χ1n) is 6.85. The summed E-state index contributed by atoms with van der Waals surface area (Å²) in [5.41, 5.74) is 0.353. The molecule has 0 atom stereocenters. The largest absolute Gasteiger partial charge is 0.462 e. The Bertz CT molecular complexity index is 637. The van der Waals surface area contributed by atoms with E-state index in [0.29, 0.717) is 5.56 Å². The molecular weight excluding hydrogens is 324 g/mol. The molecule has 1 aromatic heterocycles. The Morgan fingerprint density at radius 3 is 2.35 bits per heavy atom. The Hall–Kier alpha value is -2.42. The summed E-state index contributed by atoms with van der Waals surface area (Å²) in [6, 6.07) is 0. The van der Waals surface area contributed by atoms with E-state index >= 15 is 0 Å². The molecule has 126 valence electrons. The predicted molar refractivity (Wildman–Crippen MR) is 83.8 cm³/mol. The quantitative estimate of drug-likeness (QED) is 0.793. The fourth-order valence-corrected chi connectivity index (χ4v) is 2.80. The molecule has 3 amide bonds. The van der Waals surface area contributed by atoms with Gasteiger partial charge in [0.2, 0.25) is 5.91 Å². The number of ether oxygens (including phenoxy) is 2. The lowest BCUT2D eigenvalue weighted by Crippen LogP contribution is -2.31. The van der Waals surface area contributed by atoms with Crippen molar-refractivity contribution in [3.8, 4) is 0 Å². The molecule has 0 fully saturated rings. The standard InChI is InChI=1S/C14H18N2O6S/c1-5-8(17)15-12-9(11(18)16-14(20)21-4)7(3)10(23-12)13(19)22-6-2/h5-6H2,1-4H3,(H,15,17)(H,16,18,20). The van der Waals surface area contributed by atoms with Gasteiger partial charge in [0, 0.05) is 6.42 Å². The Morgan fingerprint density at radius 1 is 1.17 bits per heavy atom. The Balaban J connectivity index is 3.27. The van der Waals surface area contributed by atoms with Crippen LogP contribution in [0.4, 0.5) is 9.80 Å². The normalized spacial score (nSPS) is 9.91. The van der Waals surface area contributed by atoms with Gasteiger partial charge < -0.3 is 14.8 Å². The number of amides is 3. The van der Waals surface area contributed by atoms with Gasteiger partial charge >= 0.3 is 12.1 Å². The Kier molecular flexibility index (Phi) is 6.70. The van der Waals surface area contributed by atoms with Crippen LogP contribution in [-0.4, -0.2) is 37.6 Å². The molecule has 9 heteroatoms. The van der Waals surface area contributed by atoms with Gasteiger partial charge in [-0.15, -0.1) is 11.3 Å². The summed E-state index contributed by atoms with van der Waals surface area (Å²) >= 11 is 0.921.